The molecule has 0 bridgehead atoms. The second-order valence-electron chi connectivity index (χ2n) is 6.40. The van der Waals surface area contributed by atoms with Gasteiger partial charge in [-0.3, -0.25) is 5.01 Å². The van der Waals surface area contributed by atoms with Crippen molar-refractivity contribution in [2.24, 2.45) is 5.10 Å². The summed E-state index contributed by atoms with van der Waals surface area (Å²) in [7, 11) is 0. The van der Waals surface area contributed by atoms with Crippen molar-refractivity contribution in [2.75, 3.05) is 0 Å². The zero-order chi connectivity index (χ0) is 15.2. The van der Waals surface area contributed by atoms with Gasteiger partial charge in [0.05, 0.1) is 0 Å². The summed E-state index contributed by atoms with van der Waals surface area (Å²) in [4.78, 5) is 0. The third kappa shape index (κ3) is 9.72. The minimum Gasteiger partial charge on any atom is -0.275 e. The minimum atomic E-state index is 0.520. The fraction of sp³-hybridized carbons (Fsp3) is 0.941. The van der Waals surface area contributed by atoms with Crippen LogP contribution in [0.3, 0.4) is 0 Å². The Balaban J connectivity index is 1.75. The Kier molecular flexibility index (Phi) is 11.3. The lowest BCUT2D eigenvalue weighted by atomic mass is 10.0. The van der Waals surface area contributed by atoms with Crippen molar-refractivity contribution in [3.05, 3.63) is 0 Å². The van der Waals surface area contributed by atoms with Gasteiger partial charge in [-0.05, 0) is 13.3 Å². The number of nitrogens with one attached hydrogen (secondary N) is 2. The average Bonchev–Trinajstić information content (AvgIpc) is 3.02. The van der Waals surface area contributed by atoms with E-state index in [2.05, 4.69) is 30.0 Å². The van der Waals surface area contributed by atoms with Crippen LogP contribution in [-0.4, -0.2) is 17.4 Å². The molecule has 0 aromatic carbocycles. The van der Waals surface area contributed by atoms with E-state index in [0.29, 0.717) is 6.04 Å². The zero-order valence-electron chi connectivity index (χ0n) is 14.2. The normalized spacial score (nSPS) is 15.4. The topological polar surface area (TPSA) is 39.7 Å². The number of nitrogens with zero attached hydrogens (tertiary/aromatic N) is 2. The molecule has 4 heteroatoms. The molecule has 0 radical (unpaired) electrons. The molecule has 0 saturated carbocycles. The molecule has 0 fully saturated rings. The van der Waals surface area contributed by atoms with Crippen molar-refractivity contribution in [1.29, 1.82) is 0 Å². The molecule has 1 heterocycles. The van der Waals surface area contributed by atoms with Gasteiger partial charge in [0.25, 0.3) is 0 Å². The maximum absolute atomic E-state index is 3.94. The molecule has 1 rings (SSSR count). The van der Waals surface area contributed by atoms with Crippen LogP contribution in [-0.2, 0) is 0 Å². The summed E-state index contributed by atoms with van der Waals surface area (Å²) in [5, 5.41) is 5.98. The molecular weight excluding hydrogens is 260 g/mol. The van der Waals surface area contributed by atoms with E-state index in [1.807, 2.05) is 11.3 Å². The Morgan fingerprint density at radius 1 is 0.857 bits per heavy atom. The van der Waals surface area contributed by atoms with Crippen molar-refractivity contribution < 1.29 is 0 Å². The van der Waals surface area contributed by atoms with Crippen molar-refractivity contribution >= 4 is 6.34 Å². The summed E-state index contributed by atoms with van der Waals surface area (Å²) < 4.78 is 0. The van der Waals surface area contributed by atoms with Gasteiger partial charge in [-0.1, -0.05) is 84.0 Å². The number of unbranched alkanes of at least 4 members (excludes halogenated alkanes) is 11. The van der Waals surface area contributed by atoms with Crippen LogP contribution in [0.15, 0.2) is 5.10 Å². The summed E-state index contributed by atoms with van der Waals surface area (Å²) in [6, 6.07) is 0.520. The first-order chi connectivity index (χ1) is 10.3. The van der Waals surface area contributed by atoms with Gasteiger partial charge < -0.3 is 0 Å². The van der Waals surface area contributed by atoms with E-state index in [9.17, 15) is 0 Å². The standard InChI is InChI=1S/C17H36N4/c1-3-4-5-6-7-8-9-10-11-12-13-14-15-17(2)21-16-18-19-20-21/h16-17,19-20H,3-15H2,1-2H3. The molecule has 0 aromatic rings. The average molecular weight is 297 g/mol. The first-order valence-electron chi connectivity index (χ1n) is 9.16. The van der Waals surface area contributed by atoms with Gasteiger partial charge in [0, 0.05) is 6.04 Å². The lowest BCUT2D eigenvalue weighted by molar-refractivity contribution is 0.225. The number of hydrogen-bond acceptors (Lipinski definition) is 4. The smallest absolute Gasteiger partial charge is 0.128 e. The highest BCUT2D eigenvalue weighted by molar-refractivity contribution is 5.55. The third-order valence-corrected chi connectivity index (χ3v) is 4.38. The van der Waals surface area contributed by atoms with E-state index in [-0.39, 0.29) is 0 Å². The molecule has 1 unspecified atom stereocenters. The lowest BCUT2D eigenvalue weighted by Crippen LogP contribution is -2.43. The largest absolute Gasteiger partial charge is 0.275 e. The Labute approximate surface area is 131 Å². The van der Waals surface area contributed by atoms with Gasteiger partial charge in [-0.25, -0.2) is 5.53 Å². The number of hydrazine groups is 2. The van der Waals surface area contributed by atoms with Crippen molar-refractivity contribution in [3.8, 4) is 0 Å². The minimum absolute atomic E-state index is 0.520. The number of hydrogen-bond donors (Lipinski definition) is 2. The molecule has 124 valence electrons. The van der Waals surface area contributed by atoms with E-state index in [1.165, 1.54) is 83.5 Å². The van der Waals surface area contributed by atoms with E-state index in [0.717, 1.165) is 0 Å². The molecular formula is C17H36N4. The summed E-state index contributed by atoms with van der Waals surface area (Å²) in [6.45, 7) is 4.53. The van der Waals surface area contributed by atoms with Crippen LogP contribution >= 0.6 is 0 Å². The highest BCUT2D eigenvalue weighted by Crippen LogP contribution is 2.13. The fourth-order valence-electron chi connectivity index (χ4n) is 2.85. The second-order valence-corrected chi connectivity index (χ2v) is 6.40. The highest BCUT2D eigenvalue weighted by Gasteiger charge is 2.12. The molecule has 1 aliphatic rings. The monoisotopic (exact) mass is 296 g/mol. The molecule has 21 heavy (non-hydrogen) atoms. The highest BCUT2D eigenvalue weighted by atomic mass is 15.8. The van der Waals surface area contributed by atoms with Crippen LogP contribution in [0.2, 0.25) is 0 Å². The van der Waals surface area contributed by atoms with Crippen LogP contribution in [0.4, 0.5) is 0 Å². The Bertz CT molecular complexity index is 255. The molecule has 0 aliphatic carbocycles. The molecule has 1 aliphatic heterocycles. The molecule has 4 nitrogen and oxygen atoms in total. The Morgan fingerprint density at radius 2 is 1.38 bits per heavy atom. The van der Waals surface area contributed by atoms with E-state index >= 15 is 0 Å². The number of hydrazone groups is 1. The lowest BCUT2D eigenvalue weighted by Gasteiger charge is -2.21. The number of rotatable bonds is 14. The van der Waals surface area contributed by atoms with Crippen molar-refractivity contribution in [3.63, 3.8) is 0 Å². The first kappa shape index (κ1) is 18.3. The first-order valence-corrected chi connectivity index (χ1v) is 9.16. The molecule has 0 saturated heterocycles. The summed E-state index contributed by atoms with van der Waals surface area (Å²) in [6.07, 6.45) is 20.1. The van der Waals surface area contributed by atoms with Gasteiger partial charge in [0.1, 0.15) is 6.34 Å². The molecule has 2 N–H and O–H groups in total. The predicted octanol–water partition coefficient (Wildman–Crippen LogP) is 4.73. The van der Waals surface area contributed by atoms with Crippen LogP contribution in [0.1, 0.15) is 97.3 Å². The zero-order valence-corrected chi connectivity index (χ0v) is 14.2. The molecule has 0 spiro atoms. The van der Waals surface area contributed by atoms with E-state index in [1.54, 1.807) is 0 Å². The Morgan fingerprint density at radius 3 is 1.86 bits per heavy atom. The quantitative estimate of drug-likeness (QED) is 0.455. The van der Waals surface area contributed by atoms with Crippen molar-refractivity contribution in [1.82, 2.24) is 16.1 Å². The van der Waals surface area contributed by atoms with Gasteiger partial charge in [-0.2, -0.15) is 5.10 Å². The van der Waals surface area contributed by atoms with Crippen molar-refractivity contribution in [2.45, 2.75) is 103 Å². The predicted molar refractivity (Wildman–Crippen MR) is 91.8 cm³/mol. The van der Waals surface area contributed by atoms with Gasteiger partial charge in [-0.15, -0.1) is 5.53 Å². The Hall–Kier alpha value is -0.770. The van der Waals surface area contributed by atoms with E-state index < -0.39 is 0 Å². The molecule has 0 amide bonds. The summed E-state index contributed by atoms with van der Waals surface area (Å²) >= 11 is 0. The van der Waals surface area contributed by atoms with E-state index in [4.69, 9.17) is 0 Å². The summed E-state index contributed by atoms with van der Waals surface area (Å²) in [5.41, 5.74) is 5.76. The third-order valence-electron chi connectivity index (χ3n) is 4.38. The second kappa shape index (κ2) is 12.9. The molecule has 0 aromatic heterocycles. The molecule has 1 atom stereocenters. The SMILES string of the molecule is CCCCCCCCCCCCCCC(C)N1C=NNN1. The maximum atomic E-state index is 3.94. The van der Waals surface area contributed by atoms with Crippen LogP contribution in [0.5, 0.6) is 0 Å². The van der Waals surface area contributed by atoms with Crippen LogP contribution in [0, 0.1) is 0 Å². The fourth-order valence-corrected chi connectivity index (χ4v) is 2.85. The maximum Gasteiger partial charge on any atom is 0.128 e. The van der Waals surface area contributed by atoms with Gasteiger partial charge in [0.15, 0.2) is 0 Å². The summed E-state index contributed by atoms with van der Waals surface area (Å²) in [5.74, 6) is 0. The van der Waals surface area contributed by atoms with Crippen LogP contribution < -0.4 is 11.1 Å². The van der Waals surface area contributed by atoms with Gasteiger partial charge >= 0.3 is 0 Å². The van der Waals surface area contributed by atoms with Gasteiger partial charge in [0.2, 0.25) is 0 Å². The van der Waals surface area contributed by atoms with Crippen LogP contribution in [0.25, 0.3) is 0 Å².